The molecule has 0 radical (unpaired) electrons. The van der Waals surface area contributed by atoms with Gasteiger partial charge in [-0.2, -0.15) is 0 Å². The van der Waals surface area contributed by atoms with E-state index in [4.69, 9.17) is 16.3 Å². The third-order valence-corrected chi connectivity index (χ3v) is 2.63. The Balaban J connectivity index is 2.13. The van der Waals surface area contributed by atoms with Crippen LogP contribution in [0.15, 0.2) is 0 Å². The highest BCUT2D eigenvalue weighted by Crippen LogP contribution is 2.11. The van der Waals surface area contributed by atoms with Crippen LogP contribution in [0.25, 0.3) is 0 Å². The predicted octanol–water partition coefficient (Wildman–Crippen LogP) is 1.72. The standard InChI is InChI=1S/C9H18ClNO/c1-8(10)3-5-11(2)9-4-6-12-7-9/h8-9H,3-7H2,1-2H3. The monoisotopic (exact) mass is 191 g/mol. The van der Waals surface area contributed by atoms with E-state index in [-0.39, 0.29) is 5.38 Å². The second kappa shape index (κ2) is 5.05. The van der Waals surface area contributed by atoms with E-state index in [1.165, 1.54) is 6.42 Å². The van der Waals surface area contributed by atoms with E-state index >= 15 is 0 Å². The zero-order valence-corrected chi connectivity index (χ0v) is 8.68. The van der Waals surface area contributed by atoms with Crippen LogP contribution < -0.4 is 0 Å². The lowest BCUT2D eigenvalue weighted by atomic mass is 10.2. The summed E-state index contributed by atoms with van der Waals surface area (Å²) in [6, 6.07) is 0.625. The van der Waals surface area contributed by atoms with Crippen molar-refractivity contribution in [3.63, 3.8) is 0 Å². The lowest BCUT2D eigenvalue weighted by Crippen LogP contribution is -2.33. The van der Waals surface area contributed by atoms with Crippen LogP contribution in [0.1, 0.15) is 19.8 Å². The maximum atomic E-state index is 5.87. The Hall–Kier alpha value is 0.210. The quantitative estimate of drug-likeness (QED) is 0.628. The minimum absolute atomic E-state index is 0.287. The molecule has 3 heteroatoms. The summed E-state index contributed by atoms with van der Waals surface area (Å²) in [5.74, 6) is 0. The highest BCUT2D eigenvalue weighted by molar-refractivity contribution is 6.20. The normalized spacial score (nSPS) is 26.5. The van der Waals surface area contributed by atoms with Crippen LogP contribution in [0.5, 0.6) is 0 Å². The fourth-order valence-corrected chi connectivity index (χ4v) is 1.53. The van der Waals surface area contributed by atoms with Gasteiger partial charge in [-0.15, -0.1) is 11.6 Å². The summed E-state index contributed by atoms with van der Waals surface area (Å²) in [5, 5.41) is 0.287. The molecule has 1 aliphatic heterocycles. The van der Waals surface area contributed by atoms with Crippen molar-refractivity contribution in [2.75, 3.05) is 26.8 Å². The van der Waals surface area contributed by atoms with Gasteiger partial charge < -0.3 is 9.64 Å². The van der Waals surface area contributed by atoms with Gasteiger partial charge in [0, 0.05) is 18.0 Å². The molecular weight excluding hydrogens is 174 g/mol. The largest absolute Gasteiger partial charge is 0.380 e. The summed E-state index contributed by atoms with van der Waals surface area (Å²) >= 11 is 5.87. The Morgan fingerprint density at radius 2 is 2.42 bits per heavy atom. The smallest absolute Gasteiger partial charge is 0.0622 e. The van der Waals surface area contributed by atoms with Crippen LogP contribution in [0.4, 0.5) is 0 Å². The maximum Gasteiger partial charge on any atom is 0.0622 e. The van der Waals surface area contributed by atoms with Gasteiger partial charge in [0.2, 0.25) is 0 Å². The number of ether oxygens (including phenoxy) is 1. The molecule has 0 N–H and O–H groups in total. The minimum Gasteiger partial charge on any atom is -0.380 e. The van der Waals surface area contributed by atoms with Crippen molar-refractivity contribution in [3.05, 3.63) is 0 Å². The van der Waals surface area contributed by atoms with Crippen molar-refractivity contribution >= 4 is 11.6 Å². The zero-order chi connectivity index (χ0) is 8.97. The predicted molar refractivity (Wildman–Crippen MR) is 51.8 cm³/mol. The molecule has 0 aromatic heterocycles. The molecule has 0 aliphatic carbocycles. The first-order chi connectivity index (χ1) is 5.70. The molecule has 0 spiro atoms. The van der Waals surface area contributed by atoms with Gasteiger partial charge in [-0.1, -0.05) is 0 Å². The molecule has 1 heterocycles. The first-order valence-corrected chi connectivity index (χ1v) is 5.06. The van der Waals surface area contributed by atoms with Crippen molar-refractivity contribution in [3.8, 4) is 0 Å². The molecule has 0 amide bonds. The number of nitrogens with zero attached hydrogens (tertiary/aromatic N) is 1. The zero-order valence-electron chi connectivity index (χ0n) is 7.92. The Kier molecular flexibility index (Phi) is 4.33. The molecule has 1 aliphatic rings. The van der Waals surface area contributed by atoms with E-state index in [1.807, 2.05) is 6.92 Å². The van der Waals surface area contributed by atoms with E-state index in [1.54, 1.807) is 0 Å². The van der Waals surface area contributed by atoms with Gasteiger partial charge in [0.25, 0.3) is 0 Å². The number of hydrogen-bond donors (Lipinski definition) is 0. The minimum atomic E-state index is 0.287. The Labute approximate surface area is 79.8 Å². The van der Waals surface area contributed by atoms with E-state index in [9.17, 15) is 0 Å². The topological polar surface area (TPSA) is 12.5 Å². The maximum absolute atomic E-state index is 5.87. The van der Waals surface area contributed by atoms with Crippen molar-refractivity contribution < 1.29 is 4.74 Å². The molecule has 1 saturated heterocycles. The highest BCUT2D eigenvalue weighted by atomic mass is 35.5. The van der Waals surface area contributed by atoms with E-state index in [2.05, 4.69) is 11.9 Å². The van der Waals surface area contributed by atoms with E-state index < -0.39 is 0 Å². The molecule has 0 saturated carbocycles. The average Bonchev–Trinajstić information content (AvgIpc) is 2.51. The van der Waals surface area contributed by atoms with E-state index in [0.29, 0.717) is 6.04 Å². The number of rotatable bonds is 4. The average molecular weight is 192 g/mol. The highest BCUT2D eigenvalue weighted by Gasteiger charge is 2.19. The molecule has 2 nitrogen and oxygen atoms in total. The fourth-order valence-electron chi connectivity index (χ4n) is 1.43. The van der Waals surface area contributed by atoms with Crippen LogP contribution in [-0.4, -0.2) is 43.1 Å². The van der Waals surface area contributed by atoms with Crippen LogP contribution in [0, 0.1) is 0 Å². The van der Waals surface area contributed by atoms with Gasteiger partial charge in [0.05, 0.1) is 6.61 Å². The fraction of sp³-hybridized carbons (Fsp3) is 1.00. The van der Waals surface area contributed by atoms with Crippen molar-refractivity contribution in [1.29, 1.82) is 0 Å². The lowest BCUT2D eigenvalue weighted by Gasteiger charge is -2.22. The molecule has 1 rings (SSSR count). The van der Waals surface area contributed by atoms with Gasteiger partial charge in [-0.3, -0.25) is 0 Å². The third kappa shape index (κ3) is 3.30. The molecular formula is C9H18ClNO. The first-order valence-electron chi connectivity index (χ1n) is 4.62. The van der Waals surface area contributed by atoms with Crippen LogP contribution in [0.2, 0.25) is 0 Å². The molecule has 2 atom stereocenters. The second-order valence-corrected chi connectivity index (χ2v) is 4.31. The summed E-state index contributed by atoms with van der Waals surface area (Å²) < 4.78 is 5.31. The Morgan fingerprint density at radius 3 is 2.92 bits per heavy atom. The molecule has 0 aromatic rings. The number of hydrogen-bond acceptors (Lipinski definition) is 2. The van der Waals surface area contributed by atoms with Gasteiger partial charge in [-0.05, 0) is 33.4 Å². The summed E-state index contributed by atoms with van der Waals surface area (Å²) in [7, 11) is 2.15. The molecule has 2 unspecified atom stereocenters. The number of alkyl halides is 1. The van der Waals surface area contributed by atoms with Crippen LogP contribution in [0.3, 0.4) is 0 Å². The van der Waals surface area contributed by atoms with Crippen molar-refractivity contribution in [2.24, 2.45) is 0 Å². The molecule has 1 fully saturated rings. The van der Waals surface area contributed by atoms with Gasteiger partial charge >= 0.3 is 0 Å². The summed E-state index contributed by atoms with van der Waals surface area (Å²) in [5.41, 5.74) is 0. The van der Waals surface area contributed by atoms with Gasteiger partial charge in [0.1, 0.15) is 0 Å². The second-order valence-electron chi connectivity index (χ2n) is 3.57. The summed E-state index contributed by atoms with van der Waals surface area (Å²) in [4.78, 5) is 2.35. The molecule has 0 aromatic carbocycles. The Morgan fingerprint density at radius 1 is 1.67 bits per heavy atom. The lowest BCUT2D eigenvalue weighted by molar-refractivity contribution is 0.158. The van der Waals surface area contributed by atoms with Crippen molar-refractivity contribution in [2.45, 2.75) is 31.2 Å². The summed E-state index contributed by atoms with van der Waals surface area (Å²) in [6.07, 6.45) is 2.24. The molecule has 0 bridgehead atoms. The van der Waals surface area contributed by atoms with Gasteiger partial charge in [0.15, 0.2) is 0 Å². The molecule has 12 heavy (non-hydrogen) atoms. The van der Waals surface area contributed by atoms with Crippen molar-refractivity contribution in [1.82, 2.24) is 4.90 Å². The van der Waals surface area contributed by atoms with Crippen LogP contribution >= 0.6 is 11.6 Å². The van der Waals surface area contributed by atoms with Gasteiger partial charge in [-0.25, -0.2) is 0 Å². The Bertz CT molecular complexity index is 124. The van der Waals surface area contributed by atoms with Crippen LogP contribution in [-0.2, 0) is 4.74 Å². The number of halogens is 1. The molecule has 72 valence electrons. The number of likely N-dealkylation sites (N-methyl/N-ethyl adjacent to an activating group) is 1. The van der Waals surface area contributed by atoms with E-state index in [0.717, 1.165) is 26.2 Å². The first kappa shape index (κ1) is 10.3. The summed E-state index contributed by atoms with van der Waals surface area (Å²) in [6.45, 7) is 4.94. The SMILES string of the molecule is CC(Cl)CCN(C)C1CCOC1. The third-order valence-electron chi connectivity index (χ3n) is 2.41.